The van der Waals surface area contributed by atoms with Crippen molar-refractivity contribution in [2.24, 2.45) is 0 Å². The maximum absolute atomic E-state index is 11.0. The van der Waals surface area contributed by atoms with Gasteiger partial charge in [0.2, 0.25) is 0 Å². The highest BCUT2D eigenvalue weighted by atomic mass is 79.9. The Morgan fingerprint density at radius 3 is 2.84 bits per heavy atom. The Balaban J connectivity index is 2.33. The van der Waals surface area contributed by atoms with Crippen LogP contribution in [-0.2, 0) is 0 Å². The molecule has 0 aliphatic heterocycles. The fourth-order valence-corrected chi connectivity index (χ4v) is 2.21. The summed E-state index contributed by atoms with van der Waals surface area (Å²) in [7, 11) is 0. The summed E-state index contributed by atoms with van der Waals surface area (Å²) in [5, 5.41) is 15.9. The number of rotatable bonds is 2. The van der Waals surface area contributed by atoms with Crippen LogP contribution in [0, 0.1) is 10.1 Å². The zero-order valence-electron chi connectivity index (χ0n) is 9.52. The number of hydrogen-bond donors (Lipinski definition) is 0. The van der Waals surface area contributed by atoms with E-state index in [2.05, 4.69) is 26.0 Å². The average Bonchev–Trinajstić information content (AvgIpc) is 2.83. The lowest BCUT2D eigenvalue weighted by molar-refractivity contribution is -0.383. The Kier molecular flexibility index (Phi) is 2.75. The van der Waals surface area contributed by atoms with Gasteiger partial charge in [0, 0.05) is 23.8 Å². The predicted octanol–water partition coefficient (Wildman–Crippen LogP) is 3.09. The van der Waals surface area contributed by atoms with Crippen molar-refractivity contribution in [3.63, 3.8) is 0 Å². The van der Waals surface area contributed by atoms with Crippen molar-refractivity contribution in [2.75, 3.05) is 0 Å². The molecule has 2 heterocycles. The standard InChI is InChI=1S/C12H7BrN4O2/c13-8-6-15-16(7-8)10-4-5-14-12-9(10)2-1-3-11(12)17(18)19/h1-7H. The molecule has 3 aromatic rings. The van der Waals surface area contributed by atoms with Gasteiger partial charge >= 0.3 is 0 Å². The number of halogens is 1. The molecule has 0 aliphatic rings. The minimum absolute atomic E-state index is 0.00873. The van der Waals surface area contributed by atoms with E-state index in [9.17, 15) is 10.1 Å². The molecule has 19 heavy (non-hydrogen) atoms. The maximum atomic E-state index is 11.0. The molecule has 0 radical (unpaired) electrons. The van der Waals surface area contributed by atoms with Crippen molar-refractivity contribution in [1.29, 1.82) is 0 Å². The molecule has 0 spiro atoms. The second-order valence-corrected chi connectivity index (χ2v) is 4.78. The number of hydrogen-bond acceptors (Lipinski definition) is 4. The lowest BCUT2D eigenvalue weighted by atomic mass is 10.1. The number of non-ortho nitro benzene ring substituents is 1. The largest absolute Gasteiger partial charge is 0.295 e. The quantitative estimate of drug-likeness (QED) is 0.537. The number of nitro groups is 1. The smallest absolute Gasteiger partial charge is 0.258 e. The second kappa shape index (κ2) is 4.43. The summed E-state index contributed by atoms with van der Waals surface area (Å²) in [5.41, 5.74) is 1.10. The van der Waals surface area contributed by atoms with E-state index in [0.29, 0.717) is 10.9 Å². The molecule has 0 unspecified atom stereocenters. The Labute approximate surface area is 116 Å². The Morgan fingerprint density at radius 2 is 2.16 bits per heavy atom. The summed E-state index contributed by atoms with van der Waals surface area (Å²) in [6, 6.07) is 6.65. The first-order valence-electron chi connectivity index (χ1n) is 5.39. The van der Waals surface area contributed by atoms with E-state index < -0.39 is 4.92 Å². The van der Waals surface area contributed by atoms with Crippen LogP contribution in [0.5, 0.6) is 0 Å². The van der Waals surface area contributed by atoms with E-state index in [1.807, 2.05) is 0 Å². The Bertz CT molecular complexity index is 784. The van der Waals surface area contributed by atoms with Gasteiger partial charge in [-0.25, -0.2) is 9.67 Å². The van der Waals surface area contributed by atoms with Gasteiger partial charge < -0.3 is 0 Å². The monoisotopic (exact) mass is 318 g/mol. The van der Waals surface area contributed by atoms with Crippen molar-refractivity contribution in [1.82, 2.24) is 14.8 Å². The van der Waals surface area contributed by atoms with Crippen LogP contribution in [0.2, 0.25) is 0 Å². The average molecular weight is 319 g/mol. The minimum Gasteiger partial charge on any atom is -0.258 e. The number of nitro benzene ring substituents is 1. The molecule has 3 rings (SSSR count). The first kappa shape index (κ1) is 11.8. The summed E-state index contributed by atoms with van der Waals surface area (Å²) >= 11 is 3.32. The molecule has 0 atom stereocenters. The highest BCUT2D eigenvalue weighted by molar-refractivity contribution is 9.10. The first-order chi connectivity index (χ1) is 9.16. The normalized spacial score (nSPS) is 10.8. The highest BCUT2D eigenvalue weighted by Gasteiger charge is 2.15. The van der Waals surface area contributed by atoms with Crippen LogP contribution in [0.15, 0.2) is 47.3 Å². The number of benzene rings is 1. The van der Waals surface area contributed by atoms with Gasteiger partial charge in [-0.05, 0) is 22.0 Å². The topological polar surface area (TPSA) is 73.8 Å². The molecule has 1 aromatic carbocycles. The number of aromatic nitrogens is 3. The van der Waals surface area contributed by atoms with Gasteiger partial charge in [-0.1, -0.05) is 12.1 Å². The van der Waals surface area contributed by atoms with Crippen molar-refractivity contribution in [3.05, 3.63) is 57.4 Å². The third-order valence-corrected chi connectivity index (χ3v) is 3.13. The summed E-state index contributed by atoms with van der Waals surface area (Å²) in [5.74, 6) is 0. The van der Waals surface area contributed by atoms with Crippen LogP contribution in [0.1, 0.15) is 0 Å². The number of para-hydroxylation sites is 1. The number of pyridine rings is 1. The lowest BCUT2D eigenvalue weighted by Crippen LogP contribution is -1.98. The van der Waals surface area contributed by atoms with Crippen LogP contribution >= 0.6 is 15.9 Å². The molecule has 0 N–H and O–H groups in total. The van der Waals surface area contributed by atoms with Crippen molar-refractivity contribution >= 4 is 32.5 Å². The van der Waals surface area contributed by atoms with Gasteiger partial charge in [0.25, 0.3) is 5.69 Å². The summed E-state index contributed by atoms with van der Waals surface area (Å²) in [4.78, 5) is 14.7. The molecule has 6 nitrogen and oxygen atoms in total. The molecule has 0 bridgehead atoms. The molecular formula is C12H7BrN4O2. The van der Waals surface area contributed by atoms with Gasteiger partial charge in [-0.2, -0.15) is 5.10 Å². The van der Waals surface area contributed by atoms with Gasteiger partial charge in [0.1, 0.15) is 5.52 Å². The van der Waals surface area contributed by atoms with Crippen molar-refractivity contribution < 1.29 is 4.92 Å². The molecule has 2 aromatic heterocycles. The third kappa shape index (κ3) is 1.97. The van der Waals surface area contributed by atoms with E-state index >= 15 is 0 Å². The van der Waals surface area contributed by atoms with Crippen LogP contribution in [-0.4, -0.2) is 19.7 Å². The summed E-state index contributed by atoms with van der Waals surface area (Å²) in [6.07, 6.45) is 4.98. The second-order valence-electron chi connectivity index (χ2n) is 3.86. The minimum atomic E-state index is -0.432. The highest BCUT2D eigenvalue weighted by Crippen LogP contribution is 2.27. The van der Waals surface area contributed by atoms with Crippen LogP contribution in [0.4, 0.5) is 5.69 Å². The molecule has 94 valence electrons. The SMILES string of the molecule is O=[N+]([O-])c1cccc2c(-n3cc(Br)cn3)ccnc12. The molecule has 0 aliphatic carbocycles. The van der Waals surface area contributed by atoms with E-state index in [1.165, 1.54) is 6.07 Å². The molecule has 7 heteroatoms. The van der Waals surface area contributed by atoms with E-state index in [-0.39, 0.29) is 5.69 Å². The molecular weight excluding hydrogens is 312 g/mol. The Morgan fingerprint density at radius 1 is 1.32 bits per heavy atom. The van der Waals surface area contributed by atoms with Gasteiger partial charge in [0.15, 0.2) is 0 Å². The van der Waals surface area contributed by atoms with Gasteiger partial charge in [0.05, 0.1) is 21.3 Å². The summed E-state index contributed by atoms with van der Waals surface area (Å²) < 4.78 is 2.49. The van der Waals surface area contributed by atoms with Crippen molar-refractivity contribution in [3.8, 4) is 5.69 Å². The van der Waals surface area contributed by atoms with Crippen LogP contribution < -0.4 is 0 Å². The van der Waals surface area contributed by atoms with Crippen molar-refractivity contribution in [2.45, 2.75) is 0 Å². The molecule has 0 fully saturated rings. The van der Waals surface area contributed by atoms with Crippen LogP contribution in [0.25, 0.3) is 16.6 Å². The van der Waals surface area contributed by atoms with Gasteiger partial charge in [-0.15, -0.1) is 0 Å². The first-order valence-corrected chi connectivity index (χ1v) is 6.19. The fraction of sp³-hybridized carbons (Fsp3) is 0. The van der Waals surface area contributed by atoms with Gasteiger partial charge in [-0.3, -0.25) is 10.1 Å². The molecule has 0 amide bonds. The third-order valence-electron chi connectivity index (χ3n) is 2.72. The number of nitrogens with zero attached hydrogens (tertiary/aromatic N) is 4. The maximum Gasteiger partial charge on any atom is 0.295 e. The zero-order chi connectivity index (χ0) is 13.4. The predicted molar refractivity (Wildman–Crippen MR) is 73.2 cm³/mol. The van der Waals surface area contributed by atoms with E-state index in [1.54, 1.807) is 41.5 Å². The van der Waals surface area contributed by atoms with E-state index in [0.717, 1.165) is 10.2 Å². The number of fused-ring (bicyclic) bond motifs is 1. The van der Waals surface area contributed by atoms with E-state index in [4.69, 9.17) is 0 Å². The zero-order valence-corrected chi connectivity index (χ0v) is 11.1. The summed E-state index contributed by atoms with van der Waals surface area (Å²) in [6.45, 7) is 0. The molecule has 0 saturated carbocycles. The molecule has 0 saturated heterocycles. The lowest BCUT2D eigenvalue weighted by Gasteiger charge is -2.05. The fourth-order valence-electron chi connectivity index (χ4n) is 1.93. The van der Waals surface area contributed by atoms with Crippen LogP contribution in [0.3, 0.4) is 0 Å². The Hall–Kier alpha value is -2.28.